The Labute approximate surface area is 174 Å². The number of nitrogens with zero attached hydrogens (tertiary/aromatic N) is 5. The van der Waals surface area contributed by atoms with Crippen molar-refractivity contribution in [3.05, 3.63) is 30.1 Å². The third kappa shape index (κ3) is 4.48. The third-order valence-electron chi connectivity index (χ3n) is 6.49. The lowest BCUT2D eigenvalue weighted by molar-refractivity contribution is -0.139. The second-order valence-corrected chi connectivity index (χ2v) is 8.50. The van der Waals surface area contributed by atoms with Crippen molar-refractivity contribution in [1.82, 2.24) is 24.3 Å². The van der Waals surface area contributed by atoms with Crippen molar-refractivity contribution in [1.29, 1.82) is 0 Å². The number of piperidine rings is 1. The van der Waals surface area contributed by atoms with E-state index >= 15 is 0 Å². The lowest BCUT2D eigenvalue weighted by Gasteiger charge is -2.39. The molecule has 0 unspecified atom stereocenters. The maximum absolute atomic E-state index is 13.1. The summed E-state index contributed by atoms with van der Waals surface area (Å²) in [4.78, 5) is 25.1. The molecule has 6 nitrogen and oxygen atoms in total. The van der Waals surface area contributed by atoms with Gasteiger partial charge < -0.3 is 9.47 Å². The van der Waals surface area contributed by atoms with Crippen LogP contribution < -0.4 is 0 Å². The molecule has 2 aliphatic heterocycles. The van der Waals surface area contributed by atoms with Crippen LogP contribution in [0, 0.1) is 5.92 Å². The zero-order chi connectivity index (χ0) is 20.2. The van der Waals surface area contributed by atoms with Crippen molar-refractivity contribution in [3.8, 4) is 0 Å². The van der Waals surface area contributed by atoms with Crippen molar-refractivity contribution in [2.45, 2.75) is 46.2 Å². The van der Waals surface area contributed by atoms with Crippen molar-refractivity contribution >= 4 is 16.9 Å². The zero-order valence-corrected chi connectivity index (χ0v) is 18.0. The van der Waals surface area contributed by atoms with Gasteiger partial charge in [-0.15, -0.1) is 0 Å². The van der Waals surface area contributed by atoms with Crippen LogP contribution >= 0.6 is 0 Å². The van der Waals surface area contributed by atoms with Gasteiger partial charge >= 0.3 is 0 Å². The predicted octanol–water partition coefficient (Wildman–Crippen LogP) is 2.82. The van der Waals surface area contributed by atoms with Gasteiger partial charge in [0.15, 0.2) is 0 Å². The molecule has 2 fully saturated rings. The Morgan fingerprint density at radius 3 is 2.62 bits per heavy atom. The normalized spacial score (nSPS) is 21.7. The van der Waals surface area contributed by atoms with Crippen LogP contribution in [0.2, 0.25) is 0 Å². The minimum absolute atomic E-state index is 0.140. The lowest BCUT2D eigenvalue weighted by atomic mass is 9.96. The molecule has 1 amide bonds. The molecule has 4 rings (SSSR count). The molecule has 1 aromatic carbocycles. The monoisotopic (exact) mass is 397 g/mol. The number of aromatic nitrogens is 2. The molecular weight excluding hydrogens is 362 g/mol. The fourth-order valence-corrected chi connectivity index (χ4v) is 4.97. The van der Waals surface area contributed by atoms with Crippen molar-refractivity contribution in [3.63, 3.8) is 0 Å². The van der Waals surface area contributed by atoms with E-state index in [9.17, 15) is 4.79 Å². The molecule has 0 saturated carbocycles. The number of rotatable bonds is 6. The largest absolute Gasteiger partial charge is 0.340 e. The number of hydrogen-bond donors (Lipinski definition) is 0. The summed E-state index contributed by atoms with van der Waals surface area (Å²) in [5.41, 5.74) is 2.28. The van der Waals surface area contributed by atoms with Crippen LogP contribution in [0.5, 0.6) is 0 Å². The first-order chi connectivity index (χ1) is 14.2. The van der Waals surface area contributed by atoms with Crippen LogP contribution in [-0.4, -0.2) is 76.0 Å². The molecule has 0 aliphatic carbocycles. The topological polar surface area (TPSA) is 44.6 Å². The highest BCUT2D eigenvalue weighted by Gasteiger charge is 2.31. The third-order valence-corrected chi connectivity index (χ3v) is 6.49. The number of aryl methyl sites for hydroxylation is 1. The second kappa shape index (κ2) is 9.26. The van der Waals surface area contributed by atoms with Crippen LogP contribution in [0.4, 0.5) is 0 Å². The molecule has 29 heavy (non-hydrogen) atoms. The highest BCUT2D eigenvalue weighted by molar-refractivity contribution is 5.79. The highest BCUT2D eigenvalue weighted by Crippen LogP contribution is 2.23. The number of amides is 1. The van der Waals surface area contributed by atoms with Crippen molar-refractivity contribution in [2.75, 3.05) is 45.8 Å². The van der Waals surface area contributed by atoms with Crippen LogP contribution in [-0.2, 0) is 17.9 Å². The van der Waals surface area contributed by atoms with E-state index in [4.69, 9.17) is 4.98 Å². The lowest BCUT2D eigenvalue weighted by Crippen LogP contribution is -2.52. The molecular formula is C23H35N5O. The molecule has 1 aromatic heterocycles. The number of hydrogen-bond acceptors (Lipinski definition) is 4. The number of benzene rings is 1. The quantitative estimate of drug-likeness (QED) is 0.752. The summed E-state index contributed by atoms with van der Waals surface area (Å²) >= 11 is 0. The number of piperazine rings is 1. The van der Waals surface area contributed by atoms with Crippen molar-refractivity contribution in [2.24, 2.45) is 5.92 Å². The van der Waals surface area contributed by atoms with Gasteiger partial charge in [-0.3, -0.25) is 14.6 Å². The average molecular weight is 398 g/mol. The van der Waals surface area contributed by atoms with Gasteiger partial charge in [0.05, 0.1) is 23.5 Å². The van der Waals surface area contributed by atoms with E-state index in [1.165, 1.54) is 11.9 Å². The van der Waals surface area contributed by atoms with Gasteiger partial charge in [0.25, 0.3) is 0 Å². The Balaban J connectivity index is 1.38. The summed E-state index contributed by atoms with van der Waals surface area (Å²) in [5, 5.41) is 0. The first kappa shape index (κ1) is 20.4. The number of likely N-dealkylation sites (tertiary alicyclic amines) is 1. The number of fused-ring (bicyclic) bond motifs is 1. The average Bonchev–Trinajstić information content (AvgIpc) is 3.11. The molecule has 3 heterocycles. The number of para-hydroxylation sites is 2. The van der Waals surface area contributed by atoms with E-state index in [0.717, 1.165) is 83.1 Å². The van der Waals surface area contributed by atoms with Gasteiger partial charge in [0.2, 0.25) is 5.91 Å². The van der Waals surface area contributed by atoms with Gasteiger partial charge in [0.1, 0.15) is 5.82 Å². The van der Waals surface area contributed by atoms with Gasteiger partial charge in [0, 0.05) is 39.3 Å². The first-order valence-electron chi connectivity index (χ1n) is 11.4. The van der Waals surface area contributed by atoms with E-state index in [1.807, 2.05) is 0 Å². The molecule has 158 valence electrons. The Bertz CT molecular complexity index is 824. The maximum Gasteiger partial charge on any atom is 0.227 e. The number of carbonyl (C=O) groups excluding carboxylic acids is 1. The van der Waals surface area contributed by atoms with Crippen LogP contribution in [0.1, 0.15) is 38.9 Å². The maximum atomic E-state index is 13.1. The van der Waals surface area contributed by atoms with E-state index in [0.29, 0.717) is 5.91 Å². The summed E-state index contributed by atoms with van der Waals surface area (Å²) in [6.45, 7) is 13.1. The van der Waals surface area contributed by atoms with Crippen molar-refractivity contribution < 1.29 is 4.79 Å². The molecule has 2 aliphatic rings. The standard InChI is InChI=1S/C23H35N5O/c1-3-11-25-13-15-27(16-14-25)23(29)19-8-7-12-26(17-19)18-22-24-20-9-5-6-10-21(20)28(22)4-2/h5-6,9-10,19H,3-4,7-8,11-18H2,1-2H3/t19-/m1/s1. The molecule has 1 atom stereocenters. The van der Waals surface area contributed by atoms with E-state index in [2.05, 4.69) is 57.4 Å². The fourth-order valence-electron chi connectivity index (χ4n) is 4.97. The molecule has 2 aromatic rings. The predicted molar refractivity (Wildman–Crippen MR) is 117 cm³/mol. The minimum Gasteiger partial charge on any atom is -0.340 e. The summed E-state index contributed by atoms with van der Waals surface area (Å²) in [6, 6.07) is 8.37. The summed E-state index contributed by atoms with van der Waals surface area (Å²) in [7, 11) is 0. The molecule has 0 N–H and O–H groups in total. The molecule has 2 saturated heterocycles. The molecule has 0 bridgehead atoms. The van der Waals surface area contributed by atoms with Gasteiger partial charge in [-0.05, 0) is 51.4 Å². The highest BCUT2D eigenvalue weighted by atomic mass is 16.2. The fraction of sp³-hybridized carbons (Fsp3) is 0.652. The second-order valence-electron chi connectivity index (χ2n) is 8.50. The zero-order valence-electron chi connectivity index (χ0n) is 18.0. The minimum atomic E-state index is 0.140. The molecule has 0 radical (unpaired) electrons. The Morgan fingerprint density at radius 2 is 1.86 bits per heavy atom. The first-order valence-corrected chi connectivity index (χ1v) is 11.4. The van der Waals surface area contributed by atoms with Gasteiger partial charge in [-0.2, -0.15) is 0 Å². The summed E-state index contributed by atoms with van der Waals surface area (Å²) < 4.78 is 2.31. The smallest absolute Gasteiger partial charge is 0.227 e. The van der Waals surface area contributed by atoms with Gasteiger partial charge in [-0.1, -0.05) is 19.1 Å². The van der Waals surface area contributed by atoms with Gasteiger partial charge in [-0.25, -0.2) is 4.98 Å². The number of carbonyl (C=O) groups is 1. The van der Waals surface area contributed by atoms with Crippen LogP contribution in [0.3, 0.4) is 0 Å². The van der Waals surface area contributed by atoms with E-state index in [1.54, 1.807) is 0 Å². The molecule has 6 heteroatoms. The summed E-state index contributed by atoms with van der Waals surface area (Å²) in [6.07, 6.45) is 3.31. The number of imidazole rings is 1. The van der Waals surface area contributed by atoms with E-state index in [-0.39, 0.29) is 5.92 Å². The Kier molecular flexibility index (Phi) is 6.50. The SMILES string of the molecule is CCCN1CCN(C(=O)[C@@H]2CCCN(Cc3nc4ccccc4n3CC)C2)CC1. The van der Waals surface area contributed by atoms with Crippen LogP contribution in [0.25, 0.3) is 11.0 Å². The van der Waals surface area contributed by atoms with Crippen LogP contribution in [0.15, 0.2) is 24.3 Å². The summed E-state index contributed by atoms with van der Waals surface area (Å²) in [5.74, 6) is 1.63. The molecule has 0 spiro atoms. The Hall–Kier alpha value is -1.92. The Morgan fingerprint density at radius 1 is 1.07 bits per heavy atom. The van der Waals surface area contributed by atoms with E-state index < -0.39 is 0 Å².